The average Bonchev–Trinajstić information content (AvgIpc) is 3.37. The van der Waals surface area contributed by atoms with E-state index >= 15 is 0 Å². The summed E-state index contributed by atoms with van der Waals surface area (Å²) in [7, 11) is 0. The van der Waals surface area contributed by atoms with Crippen molar-refractivity contribution >= 4 is 0 Å². The summed E-state index contributed by atoms with van der Waals surface area (Å²) in [4.78, 5) is 24.1. The molecule has 14 atom stereocenters. The van der Waals surface area contributed by atoms with Gasteiger partial charge in [-0.1, -0.05) is 39.2 Å². The fourth-order valence-corrected chi connectivity index (χ4v) is 9.83. The third-order valence-electron chi connectivity index (χ3n) is 12.3. The first-order chi connectivity index (χ1) is 21.1. The van der Waals surface area contributed by atoms with Crippen LogP contribution in [0.2, 0.25) is 0 Å². The van der Waals surface area contributed by atoms with Crippen molar-refractivity contribution < 1.29 is 48.0 Å². The second-order valence-corrected chi connectivity index (χ2v) is 14.9. The molecule has 8 aliphatic heterocycles. The molecule has 2 aliphatic carbocycles. The van der Waals surface area contributed by atoms with Crippen molar-refractivity contribution in [1.82, 2.24) is 0 Å². The van der Waals surface area contributed by atoms with Gasteiger partial charge in [0.15, 0.2) is 36.4 Å². The molecular formula is C34H48O10. The summed E-state index contributed by atoms with van der Waals surface area (Å²) in [5.74, 6) is -0.0223. The molecular weight excluding hydrogens is 568 g/mol. The molecule has 0 aromatic rings. The van der Waals surface area contributed by atoms with E-state index in [0.717, 1.165) is 62.5 Å². The first kappa shape index (κ1) is 30.2. The van der Waals surface area contributed by atoms with E-state index in [1.165, 1.54) is 0 Å². The molecule has 4 bridgehead atoms. The maximum atomic E-state index is 6.43. The lowest BCUT2D eigenvalue weighted by Gasteiger charge is -2.58. The Bertz CT molecular complexity index is 1120. The van der Waals surface area contributed by atoms with Gasteiger partial charge in [0.2, 0.25) is 11.6 Å². The summed E-state index contributed by atoms with van der Waals surface area (Å²) < 4.78 is 38.1. The summed E-state index contributed by atoms with van der Waals surface area (Å²) in [5, 5.41) is 0. The fourth-order valence-electron chi connectivity index (χ4n) is 9.83. The van der Waals surface area contributed by atoms with Gasteiger partial charge < -0.3 is 28.4 Å². The van der Waals surface area contributed by atoms with E-state index in [4.69, 9.17) is 48.0 Å². The highest BCUT2D eigenvalue weighted by Gasteiger charge is 2.70. The zero-order valence-corrected chi connectivity index (χ0v) is 26.5. The Labute approximate surface area is 260 Å². The van der Waals surface area contributed by atoms with Gasteiger partial charge in [0.1, 0.15) is 0 Å². The molecule has 0 aromatic carbocycles. The van der Waals surface area contributed by atoms with E-state index in [2.05, 4.69) is 27.0 Å². The lowest BCUT2D eigenvalue weighted by molar-refractivity contribution is -0.567. The van der Waals surface area contributed by atoms with Crippen LogP contribution in [0.15, 0.2) is 36.5 Å². The van der Waals surface area contributed by atoms with E-state index in [1.54, 1.807) is 0 Å². The Morgan fingerprint density at radius 1 is 0.659 bits per heavy atom. The first-order valence-corrected chi connectivity index (χ1v) is 16.7. The van der Waals surface area contributed by atoms with Crippen LogP contribution >= 0.6 is 0 Å². The van der Waals surface area contributed by atoms with Crippen LogP contribution in [0.3, 0.4) is 0 Å². The molecule has 0 N–H and O–H groups in total. The molecule has 8 saturated heterocycles. The van der Waals surface area contributed by atoms with E-state index < -0.39 is 47.9 Å². The molecule has 8 heterocycles. The van der Waals surface area contributed by atoms with Gasteiger partial charge in [-0.3, -0.25) is 0 Å². The molecule has 10 aliphatic rings. The van der Waals surface area contributed by atoms with E-state index in [1.807, 2.05) is 26.0 Å². The van der Waals surface area contributed by atoms with Crippen LogP contribution in [0.4, 0.5) is 0 Å². The molecule has 2 saturated carbocycles. The third-order valence-corrected chi connectivity index (χ3v) is 12.3. The van der Waals surface area contributed by atoms with Crippen LogP contribution in [-0.4, -0.2) is 61.2 Å². The molecule has 0 aromatic heterocycles. The quantitative estimate of drug-likeness (QED) is 0.268. The fraction of sp³-hybridized carbons (Fsp3) is 0.824. The summed E-state index contributed by atoms with van der Waals surface area (Å²) in [6.45, 7) is 17.9. The monoisotopic (exact) mass is 616 g/mol. The molecule has 0 amide bonds. The number of ether oxygens (including phenoxy) is 6. The Morgan fingerprint density at radius 2 is 1.09 bits per heavy atom. The van der Waals surface area contributed by atoms with Crippen molar-refractivity contribution in [2.24, 2.45) is 35.5 Å². The van der Waals surface area contributed by atoms with Crippen molar-refractivity contribution in [3.8, 4) is 0 Å². The molecule has 10 fully saturated rings. The maximum absolute atomic E-state index is 6.43. The van der Waals surface area contributed by atoms with E-state index in [9.17, 15) is 0 Å². The lowest BCUT2D eigenvalue weighted by Crippen LogP contribution is -2.69. The minimum absolute atomic E-state index is 0.0423. The predicted octanol–water partition coefficient (Wildman–Crippen LogP) is 5.83. The standard InChI is InChI=1S/C34H48O10/c1-19-9-11-25-21(3)27(37-29-33(25)23(19)13-15-31(5,39-29)41-43-33)35-17-7-8-18-36-28-22(4)26-12-10-20(2)24-14-16-32(6)40-30(38-28)34(24,26)44-42-32/h7-8,19-20,23-30H,3-4,9-18H2,1-2,5-6H3/b8-7+/t19-,20-,23+,24+,25+,26+,27?,28?,29-,30-,31-,32-,33-,34-/m1/s1. The Balaban J connectivity index is 0.892. The van der Waals surface area contributed by atoms with Gasteiger partial charge in [-0.25, -0.2) is 19.6 Å². The lowest BCUT2D eigenvalue weighted by atomic mass is 9.59. The summed E-state index contributed by atoms with van der Waals surface area (Å²) in [5.41, 5.74) is 0.416. The maximum Gasteiger partial charge on any atom is 0.201 e. The van der Waals surface area contributed by atoms with Crippen LogP contribution < -0.4 is 0 Å². The number of rotatable bonds is 6. The predicted molar refractivity (Wildman–Crippen MR) is 155 cm³/mol. The normalized spacial score (nSPS) is 54.5. The van der Waals surface area contributed by atoms with E-state index in [-0.39, 0.29) is 23.7 Å². The smallest absolute Gasteiger partial charge is 0.201 e. The van der Waals surface area contributed by atoms with Crippen LogP contribution in [0.5, 0.6) is 0 Å². The Kier molecular flexibility index (Phi) is 7.32. The third kappa shape index (κ3) is 4.36. The van der Waals surface area contributed by atoms with Gasteiger partial charge in [0.05, 0.1) is 13.2 Å². The zero-order valence-electron chi connectivity index (χ0n) is 26.5. The highest BCUT2D eigenvalue weighted by atomic mass is 17.3. The summed E-state index contributed by atoms with van der Waals surface area (Å²) >= 11 is 0. The number of fused-ring (bicyclic) bond motifs is 4. The first-order valence-electron chi connectivity index (χ1n) is 16.7. The van der Waals surface area contributed by atoms with Gasteiger partial charge in [-0.05, 0) is 87.2 Å². The zero-order chi connectivity index (χ0) is 30.5. The number of hydrogen-bond acceptors (Lipinski definition) is 10. The van der Waals surface area contributed by atoms with Crippen molar-refractivity contribution in [2.45, 2.75) is 127 Å². The van der Waals surface area contributed by atoms with E-state index in [0.29, 0.717) is 25.0 Å². The molecule has 44 heavy (non-hydrogen) atoms. The topological polar surface area (TPSA) is 92.3 Å². The van der Waals surface area contributed by atoms with Crippen molar-refractivity contribution in [2.75, 3.05) is 13.2 Å². The Hall–Kier alpha value is -1.18. The number of hydrogen-bond donors (Lipinski definition) is 0. The SMILES string of the molecule is C=C1C(OC/C=C/COC2O[C@@H]3O[C@@]4(C)CC[C@H]5[C@H](C)CC[C@@H](C2=C)[C@@]35OO4)O[C@@H]2O[C@@]3(C)CC[C@H]4[C@H](C)CC[C@@H]1[C@@]24OO3. The van der Waals surface area contributed by atoms with Gasteiger partial charge in [0, 0.05) is 24.7 Å². The second-order valence-electron chi connectivity index (χ2n) is 14.9. The molecule has 10 rings (SSSR count). The van der Waals surface area contributed by atoms with Crippen LogP contribution in [0, 0.1) is 35.5 Å². The Morgan fingerprint density at radius 3 is 1.52 bits per heavy atom. The molecule has 10 nitrogen and oxygen atoms in total. The van der Waals surface area contributed by atoms with Crippen molar-refractivity contribution in [1.29, 1.82) is 0 Å². The second kappa shape index (κ2) is 10.7. The average molecular weight is 617 g/mol. The summed E-state index contributed by atoms with van der Waals surface area (Å²) in [6.07, 6.45) is 9.12. The largest absolute Gasteiger partial charge is 0.344 e. The minimum Gasteiger partial charge on any atom is -0.344 e. The molecule has 10 heteroatoms. The molecule has 244 valence electrons. The van der Waals surface area contributed by atoms with Gasteiger partial charge in [-0.15, -0.1) is 0 Å². The van der Waals surface area contributed by atoms with Crippen LogP contribution in [0.25, 0.3) is 0 Å². The molecule has 0 radical (unpaired) electrons. The highest BCUT2D eigenvalue weighted by Crippen LogP contribution is 2.62. The summed E-state index contributed by atoms with van der Waals surface area (Å²) in [6, 6.07) is 0. The van der Waals surface area contributed by atoms with Crippen LogP contribution in [0.1, 0.15) is 79.1 Å². The van der Waals surface area contributed by atoms with Crippen molar-refractivity contribution in [3.63, 3.8) is 0 Å². The van der Waals surface area contributed by atoms with Crippen molar-refractivity contribution in [3.05, 3.63) is 36.5 Å². The highest BCUT2D eigenvalue weighted by molar-refractivity contribution is 5.23. The molecule has 2 spiro atoms. The van der Waals surface area contributed by atoms with Gasteiger partial charge in [0.25, 0.3) is 0 Å². The minimum atomic E-state index is -0.822. The van der Waals surface area contributed by atoms with Gasteiger partial charge in [-0.2, -0.15) is 0 Å². The van der Waals surface area contributed by atoms with Gasteiger partial charge >= 0.3 is 0 Å². The molecule has 2 unspecified atom stereocenters. The van der Waals surface area contributed by atoms with Crippen LogP contribution in [-0.2, 0) is 48.0 Å².